The highest BCUT2D eigenvalue weighted by atomic mass is 16.6. The van der Waals surface area contributed by atoms with Gasteiger partial charge in [-0.1, -0.05) is 12.1 Å². The minimum absolute atomic E-state index is 0.0991. The number of carbonyl (C=O) groups excluding carboxylic acids is 1. The molecule has 7 N–H and O–H groups in total. The number of esters is 1. The van der Waals surface area contributed by atoms with Gasteiger partial charge in [0.2, 0.25) is 0 Å². The number of benzene rings is 1. The molecule has 1 saturated heterocycles. The standard InChI is InChI=1S/C19H22N6O6/c20-11(5-9-1-3-10(27)4-2-9)19(29)31-15-12(6-26)30-18(14(15)28)25-8-24-13-16(21)22-7-23-17(13)25/h1-4,7-8,11-12,14-15,18,26-28H,5-6,20H2,(H2,21,22,23)/t11?,12-,14?,15-,18-/m1/s1. The molecule has 1 aromatic carbocycles. The number of rotatable bonds is 6. The first-order chi connectivity index (χ1) is 14.9. The Bertz CT molecular complexity index is 1070. The van der Waals surface area contributed by atoms with E-state index in [1.807, 2.05) is 0 Å². The maximum absolute atomic E-state index is 12.5. The third-order valence-corrected chi connectivity index (χ3v) is 5.10. The first-order valence-corrected chi connectivity index (χ1v) is 9.50. The SMILES string of the molecule is Nc1ncnc2c1ncn2[C@@H]1O[C@H](CO)[C@@H](OC(=O)C(N)Cc2ccc(O)cc2)C1O. The van der Waals surface area contributed by atoms with Crippen molar-refractivity contribution in [3.63, 3.8) is 0 Å². The van der Waals surface area contributed by atoms with Crippen molar-refractivity contribution >= 4 is 23.0 Å². The number of phenols is 1. The molecule has 0 radical (unpaired) electrons. The summed E-state index contributed by atoms with van der Waals surface area (Å²) in [4.78, 5) is 24.6. The van der Waals surface area contributed by atoms with Crippen LogP contribution in [-0.4, -0.2) is 71.8 Å². The van der Waals surface area contributed by atoms with Gasteiger partial charge in [-0.05, 0) is 24.1 Å². The molecular formula is C19H22N6O6. The molecule has 0 bridgehead atoms. The minimum Gasteiger partial charge on any atom is -0.508 e. The smallest absolute Gasteiger partial charge is 0.323 e. The second-order valence-corrected chi connectivity index (χ2v) is 7.20. The lowest BCUT2D eigenvalue weighted by atomic mass is 10.1. The highest BCUT2D eigenvalue weighted by Gasteiger charge is 2.47. The molecule has 0 aliphatic carbocycles. The highest BCUT2D eigenvalue weighted by molar-refractivity contribution is 5.81. The molecule has 1 fully saturated rings. The zero-order chi connectivity index (χ0) is 22.1. The topological polar surface area (TPSA) is 192 Å². The van der Waals surface area contributed by atoms with Crippen molar-refractivity contribution < 1.29 is 29.6 Å². The minimum atomic E-state index is -1.32. The molecule has 5 atom stereocenters. The molecule has 0 amide bonds. The average molecular weight is 430 g/mol. The Balaban J connectivity index is 1.49. The van der Waals surface area contributed by atoms with Crippen molar-refractivity contribution in [3.8, 4) is 5.75 Å². The maximum Gasteiger partial charge on any atom is 0.323 e. The Morgan fingerprint density at radius 2 is 2.00 bits per heavy atom. The summed E-state index contributed by atoms with van der Waals surface area (Å²) in [6.45, 7) is -0.498. The summed E-state index contributed by atoms with van der Waals surface area (Å²) in [5.74, 6) is -0.498. The molecule has 3 aromatic rings. The number of fused-ring (bicyclic) bond motifs is 1. The largest absolute Gasteiger partial charge is 0.508 e. The molecule has 1 aliphatic rings. The lowest BCUT2D eigenvalue weighted by molar-refractivity contribution is -0.158. The van der Waals surface area contributed by atoms with Gasteiger partial charge in [-0.2, -0.15) is 0 Å². The predicted molar refractivity (Wildman–Crippen MR) is 106 cm³/mol. The summed E-state index contributed by atoms with van der Waals surface area (Å²) < 4.78 is 12.6. The number of anilines is 1. The van der Waals surface area contributed by atoms with Crippen LogP contribution >= 0.6 is 0 Å². The van der Waals surface area contributed by atoms with E-state index in [9.17, 15) is 20.1 Å². The molecule has 31 heavy (non-hydrogen) atoms. The number of hydrogen-bond acceptors (Lipinski definition) is 11. The van der Waals surface area contributed by atoms with Crippen LogP contribution in [0, 0.1) is 0 Å². The number of nitrogens with two attached hydrogens (primary N) is 2. The molecule has 1 aliphatic heterocycles. The lowest BCUT2D eigenvalue weighted by Crippen LogP contribution is -2.43. The maximum atomic E-state index is 12.5. The van der Waals surface area contributed by atoms with E-state index in [-0.39, 0.29) is 18.0 Å². The van der Waals surface area contributed by atoms with E-state index in [2.05, 4.69) is 15.0 Å². The predicted octanol–water partition coefficient (Wildman–Crippen LogP) is -1.15. The number of aromatic nitrogens is 4. The van der Waals surface area contributed by atoms with Crippen LogP contribution in [0.2, 0.25) is 0 Å². The van der Waals surface area contributed by atoms with Gasteiger partial charge in [0.1, 0.15) is 35.8 Å². The van der Waals surface area contributed by atoms with Crippen LogP contribution in [0.1, 0.15) is 11.8 Å². The van der Waals surface area contributed by atoms with Gasteiger partial charge in [-0.25, -0.2) is 15.0 Å². The van der Waals surface area contributed by atoms with Gasteiger partial charge < -0.3 is 36.3 Å². The van der Waals surface area contributed by atoms with Crippen LogP contribution < -0.4 is 11.5 Å². The van der Waals surface area contributed by atoms with Crippen molar-refractivity contribution in [2.75, 3.05) is 12.3 Å². The van der Waals surface area contributed by atoms with Crippen molar-refractivity contribution in [2.24, 2.45) is 5.73 Å². The van der Waals surface area contributed by atoms with E-state index in [0.29, 0.717) is 11.2 Å². The van der Waals surface area contributed by atoms with Gasteiger partial charge in [-0.3, -0.25) is 9.36 Å². The summed E-state index contributed by atoms with van der Waals surface area (Å²) in [5.41, 5.74) is 13.1. The summed E-state index contributed by atoms with van der Waals surface area (Å²) in [7, 11) is 0. The quantitative estimate of drug-likeness (QED) is 0.296. The Labute approximate surface area is 176 Å². The van der Waals surface area contributed by atoms with Crippen molar-refractivity contribution in [1.29, 1.82) is 0 Å². The zero-order valence-corrected chi connectivity index (χ0v) is 16.3. The first-order valence-electron chi connectivity index (χ1n) is 9.50. The number of nitrogen functional groups attached to an aromatic ring is 1. The van der Waals surface area contributed by atoms with Gasteiger partial charge in [0.25, 0.3) is 0 Å². The van der Waals surface area contributed by atoms with E-state index in [4.69, 9.17) is 20.9 Å². The summed E-state index contributed by atoms with van der Waals surface area (Å²) >= 11 is 0. The molecule has 12 heteroatoms. The number of ether oxygens (including phenoxy) is 2. The number of imidazole rings is 1. The van der Waals surface area contributed by atoms with Gasteiger partial charge >= 0.3 is 5.97 Å². The Morgan fingerprint density at radius 3 is 2.71 bits per heavy atom. The molecule has 12 nitrogen and oxygen atoms in total. The number of aliphatic hydroxyl groups is 2. The monoisotopic (exact) mass is 430 g/mol. The average Bonchev–Trinajstić information content (AvgIpc) is 3.32. The molecule has 3 heterocycles. The third kappa shape index (κ3) is 4.01. The number of phenolic OH excluding ortho intramolecular Hbond substituents is 1. The molecule has 164 valence electrons. The van der Waals surface area contributed by atoms with Crippen LogP contribution in [-0.2, 0) is 20.7 Å². The molecule has 0 spiro atoms. The summed E-state index contributed by atoms with van der Waals surface area (Å²) in [6.07, 6.45) is -1.71. The second-order valence-electron chi connectivity index (χ2n) is 7.20. The Morgan fingerprint density at radius 1 is 1.26 bits per heavy atom. The molecule has 2 unspecified atom stereocenters. The fourth-order valence-corrected chi connectivity index (χ4v) is 3.49. The third-order valence-electron chi connectivity index (χ3n) is 5.10. The molecule has 0 saturated carbocycles. The summed E-state index contributed by atoms with van der Waals surface area (Å²) in [6, 6.07) is 5.23. The van der Waals surface area contributed by atoms with Gasteiger partial charge in [-0.15, -0.1) is 0 Å². The van der Waals surface area contributed by atoms with E-state index in [1.165, 1.54) is 29.4 Å². The van der Waals surface area contributed by atoms with Crippen molar-refractivity contribution in [3.05, 3.63) is 42.5 Å². The van der Waals surface area contributed by atoms with Gasteiger partial charge in [0.15, 0.2) is 23.8 Å². The Kier molecular flexibility index (Phi) is 5.69. The van der Waals surface area contributed by atoms with Crippen LogP contribution in [0.4, 0.5) is 5.82 Å². The van der Waals surface area contributed by atoms with E-state index in [1.54, 1.807) is 12.1 Å². The molecular weight excluding hydrogens is 408 g/mol. The number of aromatic hydroxyl groups is 1. The van der Waals surface area contributed by atoms with Crippen LogP contribution in [0.15, 0.2) is 36.9 Å². The number of nitrogens with zero attached hydrogens (tertiary/aromatic N) is 4. The van der Waals surface area contributed by atoms with Crippen molar-refractivity contribution in [2.45, 2.75) is 37.0 Å². The van der Waals surface area contributed by atoms with E-state index < -0.39 is 43.2 Å². The van der Waals surface area contributed by atoms with Gasteiger partial charge in [0.05, 0.1) is 12.9 Å². The lowest BCUT2D eigenvalue weighted by Gasteiger charge is -2.22. The van der Waals surface area contributed by atoms with E-state index >= 15 is 0 Å². The number of carbonyl (C=O) groups is 1. The van der Waals surface area contributed by atoms with Crippen LogP contribution in [0.25, 0.3) is 11.2 Å². The number of hydrogen-bond donors (Lipinski definition) is 5. The van der Waals surface area contributed by atoms with E-state index in [0.717, 1.165) is 5.56 Å². The van der Waals surface area contributed by atoms with Crippen LogP contribution in [0.3, 0.4) is 0 Å². The van der Waals surface area contributed by atoms with Crippen molar-refractivity contribution in [1.82, 2.24) is 19.5 Å². The normalized spacial score (nSPS) is 24.4. The number of aliphatic hydroxyl groups excluding tert-OH is 2. The second kappa shape index (κ2) is 8.43. The first kappa shape index (κ1) is 20.9. The van der Waals surface area contributed by atoms with Crippen LogP contribution in [0.5, 0.6) is 5.75 Å². The summed E-state index contributed by atoms with van der Waals surface area (Å²) in [5, 5.41) is 29.8. The highest BCUT2D eigenvalue weighted by Crippen LogP contribution is 2.33. The molecule has 2 aromatic heterocycles. The fraction of sp³-hybridized carbons (Fsp3) is 0.368. The Hall–Kier alpha value is -3.32. The fourth-order valence-electron chi connectivity index (χ4n) is 3.49. The van der Waals surface area contributed by atoms with Gasteiger partial charge in [0, 0.05) is 0 Å². The molecule has 4 rings (SSSR count). The zero-order valence-electron chi connectivity index (χ0n) is 16.3.